The van der Waals surface area contributed by atoms with Crippen LogP contribution in [0.4, 0.5) is 8.78 Å². The van der Waals surface area contributed by atoms with Crippen LogP contribution >= 0.6 is 23.2 Å². The third kappa shape index (κ3) is 2.59. The smallest absolute Gasteiger partial charge is 0.159 e. The largest absolute Gasteiger partial charge is 0.204 e. The molecule has 0 radical (unpaired) electrons. The van der Waals surface area contributed by atoms with Crippen LogP contribution < -0.4 is 0 Å². The number of benzene rings is 2. The predicted octanol–water partition coefficient (Wildman–Crippen LogP) is 4.95. The predicted molar refractivity (Wildman–Crippen MR) is 65.5 cm³/mol. The Morgan fingerprint density at radius 1 is 0.941 bits per heavy atom. The summed E-state index contributed by atoms with van der Waals surface area (Å²) in [7, 11) is 0. The molecule has 0 aliphatic carbocycles. The minimum Gasteiger partial charge on any atom is -0.204 e. The summed E-state index contributed by atoms with van der Waals surface area (Å²) in [5, 5.41) is -0.101. The molecule has 0 aliphatic rings. The average molecular weight is 273 g/mol. The van der Waals surface area contributed by atoms with E-state index in [1.165, 1.54) is 6.07 Å². The molecule has 88 valence electrons. The molecule has 0 saturated carbocycles. The van der Waals surface area contributed by atoms with Crippen molar-refractivity contribution in [3.05, 3.63) is 70.2 Å². The lowest BCUT2D eigenvalue weighted by Crippen LogP contribution is -1.96. The zero-order valence-electron chi connectivity index (χ0n) is 8.63. The van der Waals surface area contributed by atoms with Gasteiger partial charge in [0.25, 0.3) is 0 Å². The van der Waals surface area contributed by atoms with Crippen LogP contribution in [0.2, 0.25) is 5.02 Å². The topological polar surface area (TPSA) is 0 Å². The molecule has 1 atom stereocenters. The van der Waals surface area contributed by atoms with E-state index in [9.17, 15) is 8.78 Å². The number of halogens is 4. The second-order valence-electron chi connectivity index (χ2n) is 3.56. The molecule has 0 saturated heterocycles. The van der Waals surface area contributed by atoms with E-state index in [2.05, 4.69) is 0 Å². The summed E-state index contributed by atoms with van der Waals surface area (Å²) in [6.07, 6.45) is 0. The monoisotopic (exact) mass is 272 g/mol. The Morgan fingerprint density at radius 2 is 1.65 bits per heavy atom. The molecule has 2 rings (SSSR count). The maximum atomic E-state index is 13.1. The quantitative estimate of drug-likeness (QED) is 0.679. The lowest BCUT2D eigenvalue weighted by molar-refractivity contribution is 0.507. The van der Waals surface area contributed by atoms with Crippen LogP contribution in [-0.2, 0) is 0 Å². The van der Waals surface area contributed by atoms with Crippen molar-refractivity contribution in [2.24, 2.45) is 0 Å². The first-order valence-electron chi connectivity index (χ1n) is 4.93. The molecule has 0 bridgehead atoms. The molecule has 2 aromatic carbocycles. The highest BCUT2D eigenvalue weighted by atomic mass is 35.5. The van der Waals surface area contributed by atoms with E-state index < -0.39 is 17.0 Å². The van der Waals surface area contributed by atoms with Crippen LogP contribution in [0.3, 0.4) is 0 Å². The number of alkyl halides is 1. The maximum absolute atomic E-state index is 13.1. The van der Waals surface area contributed by atoms with Gasteiger partial charge in [-0.25, -0.2) is 8.78 Å². The van der Waals surface area contributed by atoms with E-state index in [0.717, 1.165) is 12.1 Å². The average Bonchev–Trinajstić information content (AvgIpc) is 2.32. The van der Waals surface area contributed by atoms with E-state index in [1.807, 2.05) is 0 Å². The summed E-state index contributed by atoms with van der Waals surface area (Å²) in [4.78, 5) is 0. The van der Waals surface area contributed by atoms with Crippen molar-refractivity contribution in [3.8, 4) is 0 Å². The van der Waals surface area contributed by atoms with E-state index in [4.69, 9.17) is 23.2 Å². The highest BCUT2D eigenvalue weighted by molar-refractivity contribution is 6.33. The van der Waals surface area contributed by atoms with E-state index in [0.29, 0.717) is 16.1 Å². The van der Waals surface area contributed by atoms with Crippen LogP contribution in [0, 0.1) is 11.6 Å². The Kier molecular flexibility index (Phi) is 3.65. The van der Waals surface area contributed by atoms with E-state index in [1.54, 1.807) is 24.3 Å². The van der Waals surface area contributed by atoms with Crippen LogP contribution in [-0.4, -0.2) is 0 Å². The van der Waals surface area contributed by atoms with Crippen molar-refractivity contribution in [3.63, 3.8) is 0 Å². The highest BCUT2D eigenvalue weighted by Gasteiger charge is 2.15. The van der Waals surface area contributed by atoms with Gasteiger partial charge in [0, 0.05) is 5.02 Å². The lowest BCUT2D eigenvalue weighted by atomic mass is 10.0. The Labute approximate surface area is 108 Å². The fourth-order valence-electron chi connectivity index (χ4n) is 1.53. The van der Waals surface area contributed by atoms with Crippen LogP contribution in [0.1, 0.15) is 16.5 Å². The molecule has 0 fully saturated rings. The van der Waals surface area contributed by atoms with Gasteiger partial charge in [-0.05, 0) is 29.3 Å². The lowest BCUT2D eigenvalue weighted by Gasteiger charge is -2.12. The van der Waals surface area contributed by atoms with E-state index >= 15 is 0 Å². The van der Waals surface area contributed by atoms with Gasteiger partial charge in [0.15, 0.2) is 11.6 Å². The minimum atomic E-state index is -0.916. The van der Waals surface area contributed by atoms with Crippen molar-refractivity contribution in [2.75, 3.05) is 0 Å². The number of rotatable bonds is 2. The van der Waals surface area contributed by atoms with Gasteiger partial charge < -0.3 is 0 Å². The number of hydrogen-bond acceptors (Lipinski definition) is 0. The highest BCUT2D eigenvalue weighted by Crippen LogP contribution is 2.33. The summed E-state index contributed by atoms with van der Waals surface area (Å²) >= 11 is 12.2. The molecule has 0 N–H and O–H groups in total. The van der Waals surface area contributed by atoms with Crippen molar-refractivity contribution in [1.29, 1.82) is 0 Å². The Hall–Kier alpha value is -1.12. The first-order chi connectivity index (χ1) is 8.09. The molecule has 4 heteroatoms. The fourth-order valence-corrected chi connectivity index (χ4v) is 2.16. The normalized spacial score (nSPS) is 12.5. The van der Waals surface area contributed by atoms with Gasteiger partial charge in [-0.3, -0.25) is 0 Å². The molecule has 0 amide bonds. The van der Waals surface area contributed by atoms with Crippen molar-refractivity contribution >= 4 is 23.2 Å². The van der Waals surface area contributed by atoms with Gasteiger partial charge in [-0.15, -0.1) is 11.6 Å². The second-order valence-corrected chi connectivity index (χ2v) is 4.40. The molecular formula is C13H8Cl2F2. The molecule has 1 unspecified atom stereocenters. The first kappa shape index (κ1) is 12.3. The zero-order valence-corrected chi connectivity index (χ0v) is 10.1. The summed E-state index contributed by atoms with van der Waals surface area (Å²) in [6.45, 7) is 0. The van der Waals surface area contributed by atoms with Crippen molar-refractivity contribution in [2.45, 2.75) is 5.38 Å². The molecular weight excluding hydrogens is 265 g/mol. The summed E-state index contributed by atoms with van der Waals surface area (Å²) in [5.74, 6) is -1.81. The molecule has 17 heavy (non-hydrogen) atoms. The second kappa shape index (κ2) is 5.03. The number of hydrogen-bond donors (Lipinski definition) is 0. The molecule has 0 aromatic heterocycles. The van der Waals surface area contributed by atoms with Crippen LogP contribution in [0.25, 0.3) is 0 Å². The Balaban J connectivity index is 2.40. The minimum absolute atomic E-state index is 0.471. The molecule has 2 aromatic rings. The van der Waals surface area contributed by atoms with Crippen LogP contribution in [0.5, 0.6) is 0 Å². The van der Waals surface area contributed by atoms with Gasteiger partial charge in [0.05, 0.1) is 5.38 Å². The van der Waals surface area contributed by atoms with Gasteiger partial charge in [-0.2, -0.15) is 0 Å². The summed E-state index contributed by atoms with van der Waals surface area (Å²) < 4.78 is 25.9. The zero-order chi connectivity index (χ0) is 12.4. The maximum Gasteiger partial charge on any atom is 0.159 e. The third-order valence-corrected chi connectivity index (χ3v) is 3.25. The Morgan fingerprint density at radius 3 is 2.29 bits per heavy atom. The SMILES string of the molecule is Fc1ccc(C(Cl)c2ccccc2Cl)cc1F. The van der Waals surface area contributed by atoms with E-state index in [-0.39, 0.29) is 0 Å². The van der Waals surface area contributed by atoms with Crippen LogP contribution in [0.15, 0.2) is 42.5 Å². The fraction of sp³-hybridized carbons (Fsp3) is 0.0769. The van der Waals surface area contributed by atoms with Gasteiger partial charge in [-0.1, -0.05) is 35.9 Å². The Bertz CT molecular complexity index is 541. The van der Waals surface area contributed by atoms with Gasteiger partial charge >= 0.3 is 0 Å². The first-order valence-corrected chi connectivity index (χ1v) is 5.74. The van der Waals surface area contributed by atoms with Gasteiger partial charge in [0.1, 0.15) is 0 Å². The molecule has 0 nitrogen and oxygen atoms in total. The molecule has 0 heterocycles. The molecule has 0 aliphatic heterocycles. The standard InChI is InChI=1S/C13H8Cl2F2/c14-10-4-2-1-3-9(10)13(15)8-5-6-11(16)12(17)7-8/h1-7,13H. The van der Waals surface area contributed by atoms with Gasteiger partial charge in [0.2, 0.25) is 0 Å². The van der Waals surface area contributed by atoms with Crippen molar-refractivity contribution in [1.82, 2.24) is 0 Å². The third-order valence-electron chi connectivity index (χ3n) is 2.41. The van der Waals surface area contributed by atoms with Crippen molar-refractivity contribution < 1.29 is 8.78 Å². The summed E-state index contributed by atoms with van der Waals surface area (Å²) in [6, 6.07) is 10.6. The molecule has 0 spiro atoms. The summed E-state index contributed by atoms with van der Waals surface area (Å²) in [5.41, 5.74) is 1.14.